The molecule has 1 aliphatic rings. The molecule has 0 bridgehead atoms. The number of hydrogen-bond donors (Lipinski definition) is 3. The van der Waals surface area contributed by atoms with Gasteiger partial charge in [-0.2, -0.15) is 0 Å². The second-order valence-electron chi connectivity index (χ2n) is 4.33. The average Bonchev–Trinajstić information content (AvgIpc) is 2.79. The molecule has 2 amide bonds. The predicted octanol–water partition coefficient (Wildman–Crippen LogP) is 0.152. The van der Waals surface area contributed by atoms with E-state index in [9.17, 15) is 4.79 Å². The molecule has 0 radical (unpaired) electrons. The van der Waals surface area contributed by atoms with E-state index < -0.39 is 0 Å². The van der Waals surface area contributed by atoms with Crippen molar-refractivity contribution in [2.75, 3.05) is 33.3 Å². The molecule has 16 heavy (non-hydrogen) atoms. The zero-order chi connectivity index (χ0) is 11.8. The van der Waals surface area contributed by atoms with Crippen molar-refractivity contribution in [3.8, 4) is 0 Å². The van der Waals surface area contributed by atoms with Crippen molar-refractivity contribution in [2.24, 2.45) is 0 Å². The van der Waals surface area contributed by atoms with Gasteiger partial charge in [0, 0.05) is 25.7 Å². The van der Waals surface area contributed by atoms with Crippen LogP contribution in [0.15, 0.2) is 0 Å². The molecular formula is C11H23N3O2. The number of carbonyl (C=O) groups is 1. The van der Waals surface area contributed by atoms with Gasteiger partial charge in [0.05, 0.1) is 6.61 Å². The number of nitrogens with zero attached hydrogens (tertiary/aromatic N) is 1. The van der Waals surface area contributed by atoms with Gasteiger partial charge in [0.15, 0.2) is 0 Å². The van der Waals surface area contributed by atoms with Crippen LogP contribution in [0, 0.1) is 0 Å². The first kappa shape index (κ1) is 13.3. The van der Waals surface area contributed by atoms with E-state index in [1.807, 2.05) is 0 Å². The standard InChI is InChI=1S/C11H23N3O2/c1-14(10-4-2-3-5-10)8-6-12-11(16)13-7-9-15/h10,15H,2-9H2,1H3,(H2,12,13,16). The minimum atomic E-state index is -0.200. The number of likely N-dealkylation sites (N-methyl/N-ethyl adjacent to an activating group) is 1. The molecule has 0 aliphatic heterocycles. The van der Waals surface area contributed by atoms with Gasteiger partial charge in [-0.05, 0) is 19.9 Å². The summed E-state index contributed by atoms with van der Waals surface area (Å²) in [4.78, 5) is 13.5. The Morgan fingerprint density at radius 2 is 1.94 bits per heavy atom. The number of hydrogen-bond acceptors (Lipinski definition) is 3. The molecule has 0 unspecified atom stereocenters. The normalized spacial score (nSPS) is 16.7. The highest BCUT2D eigenvalue weighted by molar-refractivity contribution is 5.73. The summed E-state index contributed by atoms with van der Waals surface area (Å²) in [6.45, 7) is 1.83. The Morgan fingerprint density at radius 3 is 2.56 bits per heavy atom. The van der Waals surface area contributed by atoms with Crippen LogP contribution in [0.3, 0.4) is 0 Å². The van der Waals surface area contributed by atoms with Crippen molar-refractivity contribution >= 4 is 6.03 Å². The fourth-order valence-corrected chi connectivity index (χ4v) is 2.11. The van der Waals surface area contributed by atoms with Gasteiger partial charge in [0.1, 0.15) is 0 Å². The summed E-state index contributed by atoms with van der Waals surface area (Å²) in [7, 11) is 2.11. The summed E-state index contributed by atoms with van der Waals surface area (Å²) in [6.07, 6.45) is 5.24. The maximum atomic E-state index is 11.2. The summed E-state index contributed by atoms with van der Waals surface area (Å²) in [5, 5.41) is 13.8. The smallest absolute Gasteiger partial charge is 0.314 e. The molecule has 0 aromatic carbocycles. The molecule has 3 N–H and O–H groups in total. The third-order valence-electron chi connectivity index (χ3n) is 3.10. The van der Waals surface area contributed by atoms with E-state index >= 15 is 0 Å². The first-order valence-electron chi connectivity index (χ1n) is 6.07. The molecule has 0 saturated heterocycles. The highest BCUT2D eigenvalue weighted by atomic mass is 16.3. The predicted molar refractivity (Wildman–Crippen MR) is 63.4 cm³/mol. The van der Waals surface area contributed by atoms with Gasteiger partial charge in [-0.3, -0.25) is 0 Å². The van der Waals surface area contributed by atoms with Crippen molar-refractivity contribution in [2.45, 2.75) is 31.7 Å². The fourth-order valence-electron chi connectivity index (χ4n) is 2.11. The Morgan fingerprint density at radius 1 is 1.31 bits per heavy atom. The monoisotopic (exact) mass is 229 g/mol. The van der Waals surface area contributed by atoms with Crippen LogP contribution in [0.1, 0.15) is 25.7 Å². The van der Waals surface area contributed by atoms with Crippen molar-refractivity contribution in [1.29, 1.82) is 0 Å². The number of carbonyl (C=O) groups excluding carboxylic acids is 1. The van der Waals surface area contributed by atoms with Gasteiger partial charge in [-0.1, -0.05) is 12.8 Å². The third kappa shape index (κ3) is 4.81. The summed E-state index contributed by atoms with van der Waals surface area (Å²) >= 11 is 0. The molecule has 5 nitrogen and oxygen atoms in total. The molecule has 5 heteroatoms. The van der Waals surface area contributed by atoms with Crippen LogP contribution in [0.25, 0.3) is 0 Å². The molecule has 0 spiro atoms. The van der Waals surface area contributed by atoms with E-state index in [1.165, 1.54) is 25.7 Å². The SMILES string of the molecule is CN(CCNC(=O)NCCO)C1CCCC1. The lowest BCUT2D eigenvalue weighted by Crippen LogP contribution is -2.42. The quantitative estimate of drug-likeness (QED) is 0.607. The lowest BCUT2D eigenvalue weighted by atomic mass is 10.2. The van der Waals surface area contributed by atoms with Crippen LogP contribution in [0.2, 0.25) is 0 Å². The molecular weight excluding hydrogens is 206 g/mol. The van der Waals surface area contributed by atoms with Crippen molar-refractivity contribution in [3.05, 3.63) is 0 Å². The Labute approximate surface area is 97.2 Å². The van der Waals surface area contributed by atoms with Crippen LogP contribution in [0.4, 0.5) is 4.79 Å². The number of urea groups is 1. The van der Waals surface area contributed by atoms with Gasteiger partial charge >= 0.3 is 6.03 Å². The van der Waals surface area contributed by atoms with Gasteiger partial charge in [-0.25, -0.2) is 4.79 Å². The van der Waals surface area contributed by atoms with Gasteiger partial charge < -0.3 is 20.6 Å². The second-order valence-corrected chi connectivity index (χ2v) is 4.33. The topological polar surface area (TPSA) is 64.6 Å². The lowest BCUT2D eigenvalue weighted by Gasteiger charge is -2.23. The van der Waals surface area contributed by atoms with E-state index in [0.29, 0.717) is 19.1 Å². The summed E-state index contributed by atoms with van der Waals surface area (Å²) in [6, 6.07) is 0.496. The van der Waals surface area contributed by atoms with E-state index in [4.69, 9.17) is 5.11 Å². The zero-order valence-electron chi connectivity index (χ0n) is 10.0. The van der Waals surface area contributed by atoms with Gasteiger partial charge in [0.25, 0.3) is 0 Å². The van der Waals surface area contributed by atoms with Gasteiger partial charge in [0.2, 0.25) is 0 Å². The number of aliphatic hydroxyl groups excluding tert-OH is 1. The Bertz CT molecular complexity index is 205. The average molecular weight is 229 g/mol. The Kier molecular flexibility index (Phi) is 6.18. The molecule has 1 saturated carbocycles. The molecule has 0 aromatic rings. The van der Waals surface area contributed by atoms with Crippen LogP contribution >= 0.6 is 0 Å². The Hall–Kier alpha value is -0.810. The maximum Gasteiger partial charge on any atom is 0.314 e. The van der Waals surface area contributed by atoms with Crippen LogP contribution in [0.5, 0.6) is 0 Å². The molecule has 0 atom stereocenters. The van der Waals surface area contributed by atoms with Crippen LogP contribution in [-0.2, 0) is 0 Å². The Balaban J connectivity index is 2.03. The van der Waals surface area contributed by atoms with E-state index in [1.54, 1.807) is 0 Å². The van der Waals surface area contributed by atoms with Crippen molar-refractivity contribution in [3.63, 3.8) is 0 Å². The second kappa shape index (κ2) is 7.46. The first-order valence-corrected chi connectivity index (χ1v) is 6.07. The number of nitrogens with one attached hydrogen (secondary N) is 2. The molecule has 1 fully saturated rings. The van der Waals surface area contributed by atoms with E-state index in [-0.39, 0.29) is 12.6 Å². The summed E-state index contributed by atoms with van der Waals surface area (Å²) < 4.78 is 0. The summed E-state index contributed by atoms with van der Waals surface area (Å²) in [5.74, 6) is 0. The first-order chi connectivity index (χ1) is 7.74. The van der Waals surface area contributed by atoms with Crippen molar-refractivity contribution in [1.82, 2.24) is 15.5 Å². The molecule has 0 aromatic heterocycles. The molecule has 0 heterocycles. The van der Waals surface area contributed by atoms with Crippen LogP contribution < -0.4 is 10.6 Å². The zero-order valence-corrected chi connectivity index (χ0v) is 10.0. The highest BCUT2D eigenvalue weighted by Gasteiger charge is 2.18. The van der Waals surface area contributed by atoms with Gasteiger partial charge in [-0.15, -0.1) is 0 Å². The van der Waals surface area contributed by atoms with E-state index in [2.05, 4.69) is 22.6 Å². The molecule has 1 rings (SSSR count). The number of amides is 2. The van der Waals surface area contributed by atoms with Crippen LogP contribution in [-0.4, -0.2) is 55.4 Å². The highest BCUT2D eigenvalue weighted by Crippen LogP contribution is 2.21. The number of rotatable bonds is 6. The number of aliphatic hydroxyl groups is 1. The minimum Gasteiger partial charge on any atom is -0.395 e. The summed E-state index contributed by atoms with van der Waals surface area (Å²) in [5.41, 5.74) is 0. The maximum absolute atomic E-state index is 11.2. The molecule has 1 aliphatic carbocycles. The molecule has 94 valence electrons. The minimum absolute atomic E-state index is 0.0185. The van der Waals surface area contributed by atoms with E-state index in [0.717, 1.165) is 6.54 Å². The lowest BCUT2D eigenvalue weighted by molar-refractivity contribution is 0.224. The third-order valence-corrected chi connectivity index (χ3v) is 3.10. The largest absolute Gasteiger partial charge is 0.395 e. The van der Waals surface area contributed by atoms with Crippen molar-refractivity contribution < 1.29 is 9.90 Å². The fraction of sp³-hybridized carbons (Fsp3) is 0.909.